The topological polar surface area (TPSA) is 121 Å². The van der Waals surface area contributed by atoms with Crippen LogP contribution in [0.5, 0.6) is 0 Å². The summed E-state index contributed by atoms with van der Waals surface area (Å²) in [6.07, 6.45) is 6.80. The number of sulfone groups is 1. The predicted molar refractivity (Wildman–Crippen MR) is 159 cm³/mol. The van der Waals surface area contributed by atoms with E-state index in [1.165, 1.54) is 29.9 Å². The van der Waals surface area contributed by atoms with Crippen LogP contribution in [0.25, 0.3) is 5.52 Å². The first-order chi connectivity index (χ1) is 20.9. The number of halogens is 3. The number of nitrogens with zero attached hydrogens (tertiary/aromatic N) is 4. The molecule has 15 heteroatoms. The number of aromatic nitrogens is 2. The van der Waals surface area contributed by atoms with Crippen molar-refractivity contribution in [2.45, 2.75) is 34.8 Å². The fourth-order valence-corrected chi connectivity index (χ4v) is 6.31. The molecule has 0 spiro atoms. The van der Waals surface area contributed by atoms with Gasteiger partial charge in [-0.25, -0.2) is 12.9 Å². The lowest BCUT2D eigenvalue weighted by molar-refractivity contribution is -0.113. The molecule has 1 aliphatic carbocycles. The van der Waals surface area contributed by atoms with Gasteiger partial charge < -0.3 is 20.1 Å². The third-order valence-electron chi connectivity index (χ3n) is 7.34. The Morgan fingerprint density at radius 1 is 1.27 bits per heavy atom. The predicted octanol–water partition coefficient (Wildman–Crippen LogP) is 3.57. The molecular weight excluding hydrogens is 617 g/mol. The number of allylic oxidation sites excluding steroid dienone is 2. The zero-order valence-corrected chi connectivity index (χ0v) is 25.5. The fraction of sp³-hybridized carbons (Fsp3) is 0.414. The Bertz CT molecular complexity index is 1780. The highest BCUT2D eigenvalue weighted by Crippen LogP contribution is 2.41. The molecule has 2 N–H and O–H groups in total. The minimum Gasteiger partial charge on any atom is -0.489 e. The van der Waals surface area contributed by atoms with Crippen molar-refractivity contribution in [1.82, 2.24) is 19.8 Å². The van der Waals surface area contributed by atoms with Crippen LogP contribution in [0.15, 0.2) is 63.4 Å². The number of piperidine rings is 1. The van der Waals surface area contributed by atoms with Gasteiger partial charge in [-0.05, 0) is 60.5 Å². The average molecular weight is 647 g/mol. The molecule has 5 rings (SSSR count). The summed E-state index contributed by atoms with van der Waals surface area (Å²) in [6, 6.07) is 7.41. The van der Waals surface area contributed by atoms with Gasteiger partial charge >= 0.3 is 5.51 Å². The number of hydrogen-bond donors (Lipinski definition) is 2. The number of likely N-dealkylation sites (tertiary alicyclic amines) is 1. The van der Waals surface area contributed by atoms with Gasteiger partial charge in [-0.3, -0.25) is 4.90 Å². The third kappa shape index (κ3) is 7.09. The van der Waals surface area contributed by atoms with Gasteiger partial charge in [0.2, 0.25) is 0 Å². The van der Waals surface area contributed by atoms with Crippen LogP contribution in [0.2, 0.25) is 0 Å². The molecule has 0 aromatic carbocycles. The Morgan fingerprint density at radius 3 is 2.64 bits per heavy atom. The number of thioether (sulfide) groups is 1. The molecule has 2 fully saturated rings. The van der Waals surface area contributed by atoms with E-state index in [9.17, 15) is 26.9 Å². The molecule has 2 aliphatic heterocycles. The van der Waals surface area contributed by atoms with E-state index in [2.05, 4.69) is 44.3 Å². The van der Waals surface area contributed by atoms with Crippen molar-refractivity contribution in [2.75, 3.05) is 51.5 Å². The summed E-state index contributed by atoms with van der Waals surface area (Å²) < 4.78 is 76.6. The van der Waals surface area contributed by atoms with Gasteiger partial charge in [0.25, 0.3) is 0 Å². The number of fused-ring (bicyclic) bond motifs is 1. The number of methoxy groups -OCH3 is 1. The molecule has 2 saturated heterocycles. The highest BCUT2D eigenvalue weighted by molar-refractivity contribution is 8.00. The number of pyridine rings is 1. The van der Waals surface area contributed by atoms with E-state index in [4.69, 9.17) is 9.47 Å². The second kappa shape index (κ2) is 12.6. The van der Waals surface area contributed by atoms with E-state index < -0.39 is 20.9 Å². The summed E-state index contributed by atoms with van der Waals surface area (Å²) >= 11 is -0.268. The fourth-order valence-electron chi connectivity index (χ4n) is 4.99. The van der Waals surface area contributed by atoms with Crippen molar-refractivity contribution in [3.05, 3.63) is 64.2 Å². The monoisotopic (exact) mass is 646 g/mol. The average Bonchev–Trinajstić information content (AvgIpc) is 3.13. The van der Waals surface area contributed by atoms with Crippen LogP contribution in [0, 0.1) is 23.2 Å². The molecule has 0 amide bonds. The summed E-state index contributed by atoms with van der Waals surface area (Å²) in [5, 5.41) is 20.4. The van der Waals surface area contributed by atoms with E-state index in [0.29, 0.717) is 37.8 Å². The van der Waals surface area contributed by atoms with Gasteiger partial charge in [-0.15, -0.1) is 0 Å². The quantitative estimate of drug-likeness (QED) is 0.250. The number of rotatable bonds is 8. The molecular formula is C29H29F3N6O4S2. The molecule has 0 unspecified atom stereocenters. The maximum atomic E-state index is 13.6. The maximum Gasteiger partial charge on any atom is 0.446 e. The standard InChI is InChI=1S/C29H29F3N6O4S2/c1-41-22-15-21(8-9-23(16-22)44(2,39)40)34-12-4-5-24-27(43-29(30,31)32)25-6-3-7-26(38(25)36-24)35-20-10-13-37(14-11-20)28(17-33)18-42-19-28/h3,6-9,16,20,34-35H,10-14,18-19H2,1-2H3. The third-order valence-corrected chi connectivity index (χ3v) is 9.29. The Morgan fingerprint density at radius 2 is 2.02 bits per heavy atom. The lowest BCUT2D eigenvalue weighted by Gasteiger charge is -2.47. The first-order valence-electron chi connectivity index (χ1n) is 13.6. The van der Waals surface area contributed by atoms with Crippen LogP contribution < -0.4 is 10.6 Å². The summed E-state index contributed by atoms with van der Waals surface area (Å²) in [6.45, 7) is 2.20. The van der Waals surface area contributed by atoms with Gasteiger partial charge in [0.15, 0.2) is 21.1 Å². The van der Waals surface area contributed by atoms with Crippen molar-refractivity contribution in [1.29, 1.82) is 5.26 Å². The number of nitrogens with one attached hydrogen (secondary N) is 2. The van der Waals surface area contributed by atoms with Crippen molar-refractivity contribution in [3.8, 4) is 17.9 Å². The van der Waals surface area contributed by atoms with Crippen molar-refractivity contribution in [2.24, 2.45) is 0 Å². The lowest BCUT2D eigenvalue weighted by Crippen LogP contribution is -2.63. The number of ether oxygens (including phenoxy) is 2. The van der Waals surface area contributed by atoms with Gasteiger partial charge in [-0.2, -0.15) is 23.5 Å². The van der Waals surface area contributed by atoms with Gasteiger partial charge in [-0.1, -0.05) is 12.0 Å². The lowest BCUT2D eigenvalue weighted by atomic mass is 9.92. The van der Waals surface area contributed by atoms with Crippen LogP contribution in [0.4, 0.5) is 19.0 Å². The molecule has 10 nitrogen and oxygen atoms in total. The smallest absolute Gasteiger partial charge is 0.446 e. The molecule has 3 aliphatic rings. The van der Waals surface area contributed by atoms with E-state index in [1.807, 2.05) is 0 Å². The number of alkyl halides is 3. The first-order valence-corrected chi connectivity index (χ1v) is 16.3. The highest BCUT2D eigenvalue weighted by atomic mass is 32.2. The van der Waals surface area contributed by atoms with E-state index in [0.717, 1.165) is 19.1 Å². The van der Waals surface area contributed by atoms with Crippen LogP contribution in [-0.2, 0) is 19.3 Å². The molecule has 0 atom stereocenters. The van der Waals surface area contributed by atoms with Gasteiger partial charge in [0.1, 0.15) is 11.5 Å². The zero-order valence-electron chi connectivity index (χ0n) is 23.9. The number of anilines is 1. The van der Waals surface area contributed by atoms with Crippen molar-refractivity contribution >= 4 is 32.9 Å². The van der Waals surface area contributed by atoms with E-state index in [-0.39, 0.29) is 51.1 Å². The minimum atomic E-state index is -4.56. The molecule has 2 aromatic rings. The molecule has 4 heterocycles. The van der Waals surface area contributed by atoms with Crippen LogP contribution in [0.1, 0.15) is 18.5 Å². The van der Waals surface area contributed by atoms with E-state index in [1.54, 1.807) is 18.2 Å². The second-order valence-corrected chi connectivity index (χ2v) is 13.5. The molecule has 0 radical (unpaired) electrons. The molecule has 0 saturated carbocycles. The van der Waals surface area contributed by atoms with Gasteiger partial charge in [0.05, 0.1) is 54.0 Å². The molecule has 44 heavy (non-hydrogen) atoms. The van der Waals surface area contributed by atoms with Crippen LogP contribution in [0.3, 0.4) is 0 Å². The summed E-state index contributed by atoms with van der Waals surface area (Å²) in [5.74, 6) is 6.29. The Balaban J connectivity index is 1.34. The maximum absolute atomic E-state index is 13.6. The minimum absolute atomic E-state index is 0.0147. The zero-order chi connectivity index (χ0) is 31.5. The Hall–Kier alpha value is -3.85. The molecule has 232 valence electrons. The largest absolute Gasteiger partial charge is 0.489 e. The SMILES string of the molecule is COC1=C=C(NCC#Cc2nn3c(NC4CCN(C5(C#N)COC5)CC4)cccc3c2SC(F)(F)F)C=CC(S(C)(=O)=O)=C1. The normalized spacial score (nSPS) is 19.0. The van der Waals surface area contributed by atoms with Crippen molar-refractivity contribution < 1.29 is 31.1 Å². The molecule has 0 bridgehead atoms. The van der Waals surface area contributed by atoms with E-state index >= 15 is 0 Å². The molecule has 2 aromatic heterocycles. The van der Waals surface area contributed by atoms with Crippen LogP contribution in [-0.4, -0.2) is 86.2 Å². The summed E-state index contributed by atoms with van der Waals surface area (Å²) in [5.41, 5.74) is -1.61. The van der Waals surface area contributed by atoms with Gasteiger partial charge in [0, 0.05) is 31.5 Å². The Kier molecular flexibility index (Phi) is 9.07. The summed E-state index contributed by atoms with van der Waals surface area (Å²) in [4.78, 5) is 2.07. The highest BCUT2D eigenvalue weighted by Gasteiger charge is 2.45. The Labute approximate surface area is 257 Å². The second-order valence-electron chi connectivity index (χ2n) is 10.4. The van der Waals surface area contributed by atoms with Crippen LogP contribution >= 0.6 is 11.8 Å². The van der Waals surface area contributed by atoms with Crippen molar-refractivity contribution in [3.63, 3.8) is 0 Å². The number of hydrogen-bond acceptors (Lipinski definition) is 10. The number of nitriles is 1. The summed E-state index contributed by atoms with van der Waals surface area (Å²) in [7, 11) is -2.11. The first kappa shape index (κ1) is 31.6.